The molecule has 0 atom stereocenters. The molecule has 0 saturated carbocycles. The van der Waals surface area contributed by atoms with Gasteiger partial charge < -0.3 is 9.30 Å². The van der Waals surface area contributed by atoms with Gasteiger partial charge in [-0.1, -0.05) is 26.0 Å². The van der Waals surface area contributed by atoms with Gasteiger partial charge in [0, 0.05) is 36.4 Å². The van der Waals surface area contributed by atoms with Gasteiger partial charge in [0.2, 0.25) is 0 Å². The van der Waals surface area contributed by atoms with E-state index in [4.69, 9.17) is 4.74 Å². The highest BCUT2D eigenvalue weighted by molar-refractivity contribution is 5.80. The van der Waals surface area contributed by atoms with Crippen LogP contribution in [0.4, 0.5) is 0 Å². The zero-order valence-electron chi connectivity index (χ0n) is 16.0. The largest absolute Gasteiger partial charge is 0.381 e. The zero-order valence-corrected chi connectivity index (χ0v) is 16.0. The quantitative estimate of drug-likeness (QED) is 0.794. The standard InChI is InChI=1S/C22H28N2O2/c1-16(2)20-17(3)24(19-8-5-4-7-18(19)21(20)25)12-6-9-22(15-23)10-13-26-14-11-22/h4-5,7-8,16H,6,9-14H2,1-3H3. The Morgan fingerprint density at radius 1 is 1.27 bits per heavy atom. The van der Waals surface area contributed by atoms with Crippen molar-refractivity contribution in [3.8, 4) is 6.07 Å². The first kappa shape index (κ1) is 18.7. The summed E-state index contributed by atoms with van der Waals surface area (Å²) in [7, 11) is 0. The highest BCUT2D eigenvalue weighted by Crippen LogP contribution is 2.35. The molecule has 0 bridgehead atoms. The van der Waals surface area contributed by atoms with Crippen LogP contribution in [0.15, 0.2) is 29.1 Å². The predicted octanol–water partition coefficient (Wildman–Crippen LogP) is 4.53. The van der Waals surface area contributed by atoms with Crippen molar-refractivity contribution in [3.63, 3.8) is 0 Å². The summed E-state index contributed by atoms with van der Waals surface area (Å²) in [5.41, 5.74) is 2.87. The minimum absolute atomic E-state index is 0.155. The van der Waals surface area contributed by atoms with Gasteiger partial charge in [-0.05, 0) is 50.7 Å². The third-order valence-corrected chi connectivity index (χ3v) is 5.78. The number of ether oxygens (including phenoxy) is 1. The molecule has 3 rings (SSSR count). The summed E-state index contributed by atoms with van der Waals surface area (Å²) in [6.07, 6.45) is 3.46. The van der Waals surface area contributed by atoms with Gasteiger partial charge in [-0.2, -0.15) is 5.26 Å². The Balaban J connectivity index is 1.92. The van der Waals surface area contributed by atoms with Crippen molar-refractivity contribution in [2.45, 2.75) is 58.9 Å². The van der Waals surface area contributed by atoms with Crippen LogP contribution in [-0.4, -0.2) is 17.8 Å². The highest BCUT2D eigenvalue weighted by Gasteiger charge is 2.32. The van der Waals surface area contributed by atoms with E-state index < -0.39 is 0 Å². The number of para-hydroxylation sites is 1. The van der Waals surface area contributed by atoms with Gasteiger partial charge in [-0.25, -0.2) is 0 Å². The molecule has 0 N–H and O–H groups in total. The molecule has 4 nitrogen and oxygen atoms in total. The Morgan fingerprint density at radius 2 is 1.96 bits per heavy atom. The number of aromatic nitrogens is 1. The lowest BCUT2D eigenvalue weighted by molar-refractivity contribution is 0.0357. The molecule has 0 aliphatic carbocycles. The van der Waals surface area contributed by atoms with E-state index in [2.05, 4.69) is 31.4 Å². The van der Waals surface area contributed by atoms with E-state index in [0.717, 1.165) is 54.4 Å². The van der Waals surface area contributed by atoms with Crippen LogP contribution in [0.25, 0.3) is 10.9 Å². The maximum absolute atomic E-state index is 12.9. The second-order valence-electron chi connectivity index (χ2n) is 7.76. The number of rotatable bonds is 5. The summed E-state index contributed by atoms with van der Waals surface area (Å²) < 4.78 is 7.71. The van der Waals surface area contributed by atoms with Gasteiger partial charge in [0.1, 0.15) is 0 Å². The maximum atomic E-state index is 12.9. The Hall–Kier alpha value is -2.12. The van der Waals surface area contributed by atoms with Crippen LogP contribution < -0.4 is 5.43 Å². The fourth-order valence-electron chi connectivity index (χ4n) is 4.26. The number of pyridine rings is 1. The van der Waals surface area contributed by atoms with Crippen molar-refractivity contribution in [1.82, 2.24) is 4.57 Å². The highest BCUT2D eigenvalue weighted by atomic mass is 16.5. The summed E-state index contributed by atoms with van der Waals surface area (Å²) in [5.74, 6) is 0.194. The molecule has 0 spiro atoms. The molecule has 2 aromatic rings. The van der Waals surface area contributed by atoms with E-state index in [1.165, 1.54) is 0 Å². The van der Waals surface area contributed by atoms with E-state index in [1.807, 2.05) is 24.3 Å². The molecule has 1 aliphatic heterocycles. The van der Waals surface area contributed by atoms with E-state index in [0.29, 0.717) is 13.2 Å². The van der Waals surface area contributed by atoms with Gasteiger partial charge in [0.25, 0.3) is 0 Å². The fourth-order valence-corrected chi connectivity index (χ4v) is 4.26. The van der Waals surface area contributed by atoms with Crippen LogP contribution in [0.2, 0.25) is 0 Å². The second kappa shape index (κ2) is 7.63. The smallest absolute Gasteiger partial charge is 0.193 e. The molecule has 0 radical (unpaired) electrons. The van der Waals surface area contributed by atoms with Gasteiger partial charge in [-0.15, -0.1) is 0 Å². The molecule has 26 heavy (non-hydrogen) atoms. The Kier molecular flexibility index (Phi) is 5.48. The van der Waals surface area contributed by atoms with Crippen LogP contribution in [0.5, 0.6) is 0 Å². The minimum atomic E-state index is -0.248. The van der Waals surface area contributed by atoms with E-state index in [9.17, 15) is 10.1 Å². The molecule has 1 aliphatic rings. The number of nitriles is 1. The Bertz CT molecular complexity index is 883. The van der Waals surface area contributed by atoms with E-state index in [-0.39, 0.29) is 16.8 Å². The molecule has 1 fully saturated rings. The summed E-state index contributed by atoms with van der Waals surface area (Å²) in [4.78, 5) is 12.9. The van der Waals surface area contributed by atoms with Gasteiger partial charge in [-0.3, -0.25) is 4.79 Å². The normalized spacial score (nSPS) is 16.7. The first-order chi connectivity index (χ1) is 12.5. The van der Waals surface area contributed by atoms with Crippen LogP contribution in [0, 0.1) is 23.7 Å². The summed E-state index contributed by atoms with van der Waals surface area (Å²) in [6, 6.07) is 10.4. The van der Waals surface area contributed by atoms with Crippen LogP contribution in [0.3, 0.4) is 0 Å². The van der Waals surface area contributed by atoms with Crippen molar-refractivity contribution in [3.05, 3.63) is 45.7 Å². The first-order valence-corrected chi connectivity index (χ1v) is 9.60. The van der Waals surface area contributed by atoms with Crippen molar-refractivity contribution >= 4 is 10.9 Å². The number of hydrogen-bond acceptors (Lipinski definition) is 3. The number of nitrogens with zero attached hydrogens (tertiary/aromatic N) is 2. The molecular weight excluding hydrogens is 324 g/mol. The Labute approximate surface area is 155 Å². The molecule has 0 unspecified atom stereocenters. The lowest BCUT2D eigenvalue weighted by atomic mass is 9.78. The second-order valence-corrected chi connectivity index (χ2v) is 7.76. The predicted molar refractivity (Wildman–Crippen MR) is 104 cm³/mol. The topological polar surface area (TPSA) is 55.0 Å². The van der Waals surface area contributed by atoms with Crippen molar-refractivity contribution in [2.75, 3.05) is 13.2 Å². The maximum Gasteiger partial charge on any atom is 0.193 e. The third kappa shape index (κ3) is 3.41. The Morgan fingerprint density at radius 3 is 2.62 bits per heavy atom. The van der Waals surface area contributed by atoms with Crippen LogP contribution >= 0.6 is 0 Å². The molecule has 1 saturated heterocycles. The van der Waals surface area contributed by atoms with Crippen molar-refractivity contribution in [1.29, 1.82) is 5.26 Å². The van der Waals surface area contributed by atoms with Gasteiger partial charge >= 0.3 is 0 Å². The third-order valence-electron chi connectivity index (χ3n) is 5.78. The van der Waals surface area contributed by atoms with Crippen LogP contribution in [0.1, 0.15) is 56.7 Å². The summed E-state index contributed by atoms with van der Waals surface area (Å²) >= 11 is 0. The molecule has 2 heterocycles. The summed E-state index contributed by atoms with van der Waals surface area (Å²) in [5, 5.41) is 10.5. The average Bonchev–Trinajstić information content (AvgIpc) is 2.65. The van der Waals surface area contributed by atoms with Gasteiger partial charge in [0.15, 0.2) is 5.43 Å². The lowest BCUT2D eigenvalue weighted by Gasteiger charge is -2.31. The molecule has 1 aromatic heterocycles. The van der Waals surface area contributed by atoms with Crippen LogP contribution in [-0.2, 0) is 11.3 Å². The van der Waals surface area contributed by atoms with E-state index >= 15 is 0 Å². The van der Waals surface area contributed by atoms with Gasteiger partial charge in [0.05, 0.1) is 17.0 Å². The average molecular weight is 352 g/mol. The van der Waals surface area contributed by atoms with Crippen molar-refractivity contribution < 1.29 is 4.74 Å². The number of benzene rings is 1. The molecule has 1 aromatic carbocycles. The first-order valence-electron chi connectivity index (χ1n) is 9.60. The number of hydrogen-bond donors (Lipinski definition) is 0. The zero-order chi connectivity index (χ0) is 18.7. The number of aryl methyl sites for hydroxylation is 1. The fraction of sp³-hybridized carbons (Fsp3) is 0.545. The molecule has 0 amide bonds. The summed E-state index contributed by atoms with van der Waals surface area (Å²) in [6.45, 7) is 8.41. The molecular formula is C22H28N2O2. The molecule has 138 valence electrons. The SMILES string of the molecule is Cc1c(C(C)C)c(=O)c2ccccc2n1CCCC1(C#N)CCOCC1. The number of fused-ring (bicyclic) bond motifs is 1. The minimum Gasteiger partial charge on any atom is -0.381 e. The van der Waals surface area contributed by atoms with E-state index in [1.54, 1.807) is 0 Å². The van der Waals surface area contributed by atoms with Crippen molar-refractivity contribution in [2.24, 2.45) is 5.41 Å². The monoisotopic (exact) mass is 352 g/mol. The lowest BCUT2D eigenvalue weighted by Crippen LogP contribution is -2.28. The molecule has 4 heteroatoms.